The summed E-state index contributed by atoms with van der Waals surface area (Å²) in [6.45, 7) is 0.895. The second-order valence-electron chi connectivity index (χ2n) is 6.62. The minimum Gasteiger partial charge on any atom is -0.350 e. The second kappa shape index (κ2) is 8.73. The zero-order valence-corrected chi connectivity index (χ0v) is 15.2. The van der Waals surface area contributed by atoms with E-state index in [0.717, 1.165) is 5.56 Å². The van der Waals surface area contributed by atoms with Gasteiger partial charge in [-0.15, -0.1) is 0 Å². The number of benzene rings is 2. The molecule has 0 bridgehead atoms. The lowest BCUT2D eigenvalue weighted by Gasteiger charge is -2.33. The third-order valence-electron chi connectivity index (χ3n) is 4.50. The molecule has 0 saturated carbocycles. The Hall–Kier alpha value is -2.10. The van der Waals surface area contributed by atoms with Gasteiger partial charge in [0.25, 0.3) is 0 Å². The third-order valence-corrected chi connectivity index (χ3v) is 4.50. The fraction of sp³-hybridized carbons (Fsp3) is 0.400. The standard InChI is InChI=1S/C20H19F6NO2/c21-19(22,23)15-10-13(11-16(12-15)20(24,25)26)6-8-28-18-17(27-7-9-29-18)14-4-2-1-3-5-14/h1-5,10-12,17-18,27H,6-9H2/t17-,18-/m0/s1. The molecular formula is C20H19F6NO2. The Morgan fingerprint density at radius 1 is 0.931 bits per heavy atom. The predicted octanol–water partition coefficient (Wildman–Crippen LogP) is 4.97. The van der Waals surface area contributed by atoms with E-state index in [-0.39, 0.29) is 30.7 Å². The maximum Gasteiger partial charge on any atom is 0.416 e. The normalized spacial score (nSPS) is 20.6. The van der Waals surface area contributed by atoms with E-state index in [1.54, 1.807) is 0 Å². The van der Waals surface area contributed by atoms with Crippen molar-refractivity contribution in [3.63, 3.8) is 0 Å². The molecule has 0 amide bonds. The van der Waals surface area contributed by atoms with Crippen LogP contribution in [-0.2, 0) is 28.2 Å². The summed E-state index contributed by atoms with van der Waals surface area (Å²) < 4.78 is 89.0. The number of halogens is 6. The van der Waals surface area contributed by atoms with Crippen LogP contribution in [0.25, 0.3) is 0 Å². The van der Waals surface area contributed by atoms with E-state index < -0.39 is 29.8 Å². The summed E-state index contributed by atoms with van der Waals surface area (Å²) in [5.41, 5.74) is -1.86. The van der Waals surface area contributed by atoms with Crippen molar-refractivity contribution in [1.82, 2.24) is 5.32 Å². The Balaban J connectivity index is 1.70. The van der Waals surface area contributed by atoms with Crippen molar-refractivity contribution in [2.24, 2.45) is 0 Å². The van der Waals surface area contributed by atoms with Crippen LogP contribution in [0.3, 0.4) is 0 Å². The van der Waals surface area contributed by atoms with Crippen molar-refractivity contribution in [2.75, 3.05) is 19.8 Å². The first-order valence-corrected chi connectivity index (χ1v) is 8.94. The largest absolute Gasteiger partial charge is 0.416 e. The van der Waals surface area contributed by atoms with Gasteiger partial charge in [-0.25, -0.2) is 0 Å². The number of rotatable bonds is 5. The maximum atomic E-state index is 13.0. The molecule has 3 rings (SSSR count). The summed E-state index contributed by atoms with van der Waals surface area (Å²) in [6.07, 6.45) is -10.6. The van der Waals surface area contributed by atoms with Crippen molar-refractivity contribution in [3.05, 3.63) is 70.8 Å². The first-order valence-electron chi connectivity index (χ1n) is 8.94. The average Bonchev–Trinajstić information content (AvgIpc) is 2.67. The molecule has 0 aliphatic carbocycles. The molecule has 0 spiro atoms. The number of hydrogen-bond acceptors (Lipinski definition) is 3. The number of ether oxygens (including phenoxy) is 2. The number of hydrogen-bond donors (Lipinski definition) is 1. The summed E-state index contributed by atoms with van der Waals surface area (Å²) in [5, 5.41) is 3.24. The van der Waals surface area contributed by atoms with Crippen molar-refractivity contribution in [2.45, 2.75) is 31.1 Å². The smallest absolute Gasteiger partial charge is 0.350 e. The molecule has 1 N–H and O–H groups in total. The molecule has 2 aromatic rings. The van der Waals surface area contributed by atoms with Gasteiger partial charge < -0.3 is 14.8 Å². The van der Waals surface area contributed by atoms with Gasteiger partial charge in [0.05, 0.1) is 30.4 Å². The molecular weight excluding hydrogens is 400 g/mol. The maximum absolute atomic E-state index is 13.0. The van der Waals surface area contributed by atoms with Gasteiger partial charge in [0.15, 0.2) is 6.29 Å². The topological polar surface area (TPSA) is 30.5 Å². The molecule has 2 aromatic carbocycles. The second-order valence-corrected chi connectivity index (χ2v) is 6.62. The van der Waals surface area contributed by atoms with E-state index >= 15 is 0 Å². The van der Waals surface area contributed by atoms with E-state index in [1.165, 1.54) is 0 Å². The Morgan fingerprint density at radius 3 is 2.14 bits per heavy atom. The molecule has 158 valence electrons. The van der Waals surface area contributed by atoms with Gasteiger partial charge in [0.2, 0.25) is 0 Å². The number of morpholine rings is 1. The molecule has 1 aliphatic rings. The molecule has 0 radical (unpaired) electrons. The zero-order valence-electron chi connectivity index (χ0n) is 15.2. The zero-order chi connectivity index (χ0) is 21.1. The lowest BCUT2D eigenvalue weighted by atomic mass is 10.0. The molecule has 2 atom stereocenters. The van der Waals surface area contributed by atoms with Crippen LogP contribution in [0, 0.1) is 0 Å². The van der Waals surface area contributed by atoms with Gasteiger partial charge in [0.1, 0.15) is 0 Å². The first-order chi connectivity index (χ1) is 13.6. The minimum atomic E-state index is -4.87. The van der Waals surface area contributed by atoms with Crippen LogP contribution in [0.1, 0.15) is 28.3 Å². The van der Waals surface area contributed by atoms with Gasteiger partial charge in [0, 0.05) is 6.54 Å². The van der Waals surface area contributed by atoms with Crippen molar-refractivity contribution in [3.8, 4) is 0 Å². The average molecular weight is 419 g/mol. The van der Waals surface area contributed by atoms with Gasteiger partial charge in [-0.1, -0.05) is 30.3 Å². The highest BCUT2D eigenvalue weighted by molar-refractivity contribution is 5.33. The molecule has 1 fully saturated rings. The predicted molar refractivity (Wildman–Crippen MR) is 93.0 cm³/mol. The van der Waals surface area contributed by atoms with Crippen molar-refractivity contribution >= 4 is 0 Å². The monoisotopic (exact) mass is 419 g/mol. The highest BCUT2D eigenvalue weighted by Gasteiger charge is 2.37. The Labute approximate surface area is 163 Å². The molecule has 1 aliphatic heterocycles. The molecule has 29 heavy (non-hydrogen) atoms. The van der Waals surface area contributed by atoms with E-state index in [9.17, 15) is 26.3 Å². The molecule has 0 aromatic heterocycles. The summed E-state index contributed by atoms with van der Waals surface area (Å²) >= 11 is 0. The lowest BCUT2D eigenvalue weighted by Crippen LogP contribution is -2.43. The SMILES string of the molecule is FC(F)(F)c1cc(CCO[C@H]2OCCN[C@H]2c2ccccc2)cc(C(F)(F)F)c1. The number of alkyl halides is 6. The summed E-state index contributed by atoms with van der Waals surface area (Å²) in [6, 6.07) is 10.6. The van der Waals surface area contributed by atoms with E-state index in [2.05, 4.69) is 5.32 Å². The van der Waals surface area contributed by atoms with E-state index in [1.807, 2.05) is 30.3 Å². The van der Waals surface area contributed by atoms with E-state index in [0.29, 0.717) is 25.3 Å². The van der Waals surface area contributed by atoms with Crippen LogP contribution < -0.4 is 5.32 Å². The van der Waals surface area contributed by atoms with Crippen LogP contribution in [0.5, 0.6) is 0 Å². The summed E-state index contributed by atoms with van der Waals surface area (Å²) in [5.74, 6) is 0. The summed E-state index contributed by atoms with van der Waals surface area (Å²) in [7, 11) is 0. The summed E-state index contributed by atoms with van der Waals surface area (Å²) in [4.78, 5) is 0. The highest BCUT2D eigenvalue weighted by atomic mass is 19.4. The van der Waals surface area contributed by atoms with Crippen LogP contribution in [-0.4, -0.2) is 26.0 Å². The van der Waals surface area contributed by atoms with Crippen molar-refractivity contribution < 1.29 is 35.8 Å². The van der Waals surface area contributed by atoms with Gasteiger partial charge in [-0.2, -0.15) is 26.3 Å². The molecule has 1 saturated heterocycles. The first kappa shape index (κ1) is 21.6. The third kappa shape index (κ3) is 5.71. The fourth-order valence-corrected chi connectivity index (χ4v) is 3.12. The van der Waals surface area contributed by atoms with Gasteiger partial charge >= 0.3 is 12.4 Å². The number of nitrogens with one attached hydrogen (secondary N) is 1. The minimum absolute atomic E-state index is 0.0890. The van der Waals surface area contributed by atoms with Crippen LogP contribution in [0.2, 0.25) is 0 Å². The van der Waals surface area contributed by atoms with Gasteiger partial charge in [-0.3, -0.25) is 0 Å². The molecule has 1 heterocycles. The van der Waals surface area contributed by atoms with Crippen LogP contribution in [0.4, 0.5) is 26.3 Å². The molecule has 0 unspecified atom stereocenters. The van der Waals surface area contributed by atoms with Crippen LogP contribution >= 0.6 is 0 Å². The Kier molecular flexibility index (Phi) is 6.50. The Bertz CT molecular complexity index is 775. The molecule has 9 heteroatoms. The highest BCUT2D eigenvalue weighted by Crippen LogP contribution is 2.36. The quantitative estimate of drug-likeness (QED) is 0.695. The fourth-order valence-electron chi connectivity index (χ4n) is 3.12. The van der Waals surface area contributed by atoms with Crippen LogP contribution in [0.15, 0.2) is 48.5 Å². The lowest BCUT2D eigenvalue weighted by molar-refractivity contribution is -0.177. The molecule has 3 nitrogen and oxygen atoms in total. The van der Waals surface area contributed by atoms with E-state index in [4.69, 9.17) is 9.47 Å². The van der Waals surface area contributed by atoms with Crippen molar-refractivity contribution in [1.29, 1.82) is 0 Å². The Morgan fingerprint density at radius 2 is 1.55 bits per heavy atom. The van der Waals surface area contributed by atoms with Gasteiger partial charge in [-0.05, 0) is 35.7 Å².